The van der Waals surface area contributed by atoms with Gasteiger partial charge in [0.15, 0.2) is 0 Å². The highest BCUT2D eigenvalue weighted by atomic mass is 35.5. The Morgan fingerprint density at radius 3 is 2.77 bits per heavy atom. The van der Waals surface area contributed by atoms with E-state index in [0.29, 0.717) is 11.1 Å². The fourth-order valence-electron chi connectivity index (χ4n) is 2.81. The van der Waals surface area contributed by atoms with E-state index in [-0.39, 0.29) is 11.5 Å². The first-order valence-corrected chi connectivity index (χ1v) is 8.52. The van der Waals surface area contributed by atoms with Crippen LogP contribution in [0.1, 0.15) is 51.0 Å². The van der Waals surface area contributed by atoms with Crippen LogP contribution in [0.3, 0.4) is 0 Å². The van der Waals surface area contributed by atoms with Crippen molar-refractivity contribution in [3.8, 4) is 11.8 Å². The van der Waals surface area contributed by atoms with Gasteiger partial charge in [0.05, 0.1) is 17.4 Å². The van der Waals surface area contributed by atoms with E-state index in [1.165, 1.54) is 12.8 Å². The standard InChI is InChI=1S/C18H23ClN2O/c1-18(8-9-18)7-6-14-12-21-17(19)10-16(14)20-11-13-2-4-15(22)5-3-13/h10,12-13,15,22H,2-5,8-9,11H2,1H3,(H,20,21)/t13-,15-. The minimum atomic E-state index is -0.104. The lowest BCUT2D eigenvalue weighted by Crippen LogP contribution is -2.23. The van der Waals surface area contributed by atoms with Gasteiger partial charge in [0, 0.05) is 18.2 Å². The van der Waals surface area contributed by atoms with Crippen molar-refractivity contribution in [2.45, 2.75) is 51.6 Å². The first-order chi connectivity index (χ1) is 10.5. The summed E-state index contributed by atoms with van der Waals surface area (Å²) in [5, 5.41) is 13.6. The Bertz CT molecular complexity index is 593. The van der Waals surface area contributed by atoms with Crippen LogP contribution in [-0.4, -0.2) is 22.7 Å². The van der Waals surface area contributed by atoms with Crippen LogP contribution >= 0.6 is 11.6 Å². The van der Waals surface area contributed by atoms with Crippen molar-refractivity contribution < 1.29 is 5.11 Å². The third-order valence-corrected chi connectivity index (χ3v) is 4.97. The lowest BCUT2D eigenvalue weighted by atomic mass is 9.87. The fourth-order valence-corrected chi connectivity index (χ4v) is 2.97. The number of halogens is 1. The molecule has 0 saturated heterocycles. The minimum Gasteiger partial charge on any atom is -0.393 e. The predicted octanol–water partition coefficient (Wildman–Crippen LogP) is 3.85. The van der Waals surface area contributed by atoms with Gasteiger partial charge in [-0.1, -0.05) is 23.4 Å². The van der Waals surface area contributed by atoms with Crippen LogP contribution in [0.25, 0.3) is 0 Å². The van der Waals surface area contributed by atoms with Crippen LogP contribution in [0.4, 0.5) is 5.69 Å². The number of nitrogens with zero attached hydrogens (tertiary/aromatic N) is 1. The molecule has 3 nitrogen and oxygen atoms in total. The summed E-state index contributed by atoms with van der Waals surface area (Å²) in [7, 11) is 0. The number of aliphatic hydroxyl groups is 1. The number of rotatable bonds is 3. The monoisotopic (exact) mass is 318 g/mol. The molecule has 22 heavy (non-hydrogen) atoms. The summed E-state index contributed by atoms with van der Waals surface area (Å²) in [5.74, 6) is 7.22. The first-order valence-electron chi connectivity index (χ1n) is 8.15. The molecule has 0 unspecified atom stereocenters. The maximum atomic E-state index is 9.58. The van der Waals surface area contributed by atoms with Crippen molar-refractivity contribution in [3.05, 3.63) is 23.0 Å². The summed E-state index contributed by atoms with van der Waals surface area (Å²) in [6, 6.07) is 1.86. The first kappa shape index (κ1) is 15.6. The zero-order valence-corrected chi connectivity index (χ0v) is 13.8. The van der Waals surface area contributed by atoms with Gasteiger partial charge in [0.2, 0.25) is 0 Å². The van der Waals surface area contributed by atoms with E-state index >= 15 is 0 Å². The van der Waals surface area contributed by atoms with Crippen molar-refractivity contribution in [2.75, 3.05) is 11.9 Å². The average Bonchev–Trinajstić information content (AvgIpc) is 3.24. The van der Waals surface area contributed by atoms with E-state index in [9.17, 15) is 5.11 Å². The molecule has 0 aliphatic heterocycles. The second-order valence-electron chi connectivity index (χ2n) is 6.92. The number of nitrogens with one attached hydrogen (secondary N) is 1. The molecule has 0 aromatic carbocycles. The molecular weight excluding hydrogens is 296 g/mol. The fraction of sp³-hybridized carbons (Fsp3) is 0.611. The molecule has 1 aromatic heterocycles. The highest BCUT2D eigenvalue weighted by molar-refractivity contribution is 6.29. The molecule has 1 heterocycles. The molecule has 0 amide bonds. The number of anilines is 1. The zero-order valence-electron chi connectivity index (χ0n) is 13.0. The van der Waals surface area contributed by atoms with Crippen LogP contribution in [0.5, 0.6) is 0 Å². The maximum Gasteiger partial charge on any atom is 0.131 e. The molecule has 0 bridgehead atoms. The molecule has 118 valence electrons. The lowest BCUT2D eigenvalue weighted by Gasteiger charge is -2.26. The molecule has 2 fully saturated rings. The molecule has 1 aromatic rings. The Morgan fingerprint density at radius 1 is 1.36 bits per heavy atom. The molecule has 2 saturated carbocycles. The topological polar surface area (TPSA) is 45.2 Å². The lowest BCUT2D eigenvalue weighted by molar-refractivity contribution is 0.111. The quantitative estimate of drug-likeness (QED) is 0.657. The number of aliphatic hydroxyl groups excluding tert-OH is 1. The van der Waals surface area contributed by atoms with Crippen molar-refractivity contribution in [3.63, 3.8) is 0 Å². The summed E-state index contributed by atoms with van der Waals surface area (Å²) in [6.45, 7) is 3.10. The van der Waals surface area contributed by atoms with Crippen molar-refractivity contribution in [1.82, 2.24) is 4.98 Å². The minimum absolute atomic E-state index is 0.104. The SMILES string of the molecule is CC1(C#Cc2cnc(Cl)cc2NC[C@H]2CC[C@H](O)CC2)CC1. The Hall–Kier alpha value is -1.24. The van der Waals surface area contributed by atoms with E-state index in [1.807, 2.05) is 6.07 Å². The van der Waals surface area contributed by atoms with Gasteiger partial charge in [0.1, 0.15) is 5.15 Å². The van der Waals surface area contributed by atoms with Crippen LogP contribution in [0, 0.1) is 23.2 Å². The normalized spacial score (nSPS) is 26.0. The van der Waals surface area contributed by atoms with Gasteiger partial charge < -0.3 is 10.4 Å². The van der Waals surface area contributed by atoms with Crippen LogP contribution in [0.15, 0.2) is 12.3 Å². The molecular formula is C18H23ClN2O. The molecule has 0 atom stereocenters. The maximum absolute atomic E-state index is 9.58. The summed E-state index contributed by atoms with van der Waals surface area (Å²) >= 11 is 6.03. The Labute approximate surface area is 137 Å². The van der Waals surface area contributed by atoms with Gasteiger partial charge in [-0.3, -0.25) is 0 Å². The Balaban J connectivity index is 1.66. The summed E-state index contributed by atoms with van der Waals surface area (Å²) in [5.41, 5.74) is 2.10. The van der Waals surface area contributed by atoms with Gasteiger partial charge >= 0.3 is 0 Å². The average molecular weight is 319 g/mol. The Kier molecular flexibility index (Phi) is 4.61. The molecule has 2 aliphatic rings. The van der Waals surface area contributed by atoms with E-state index in [2.05, 4.69) is 29.1 Å². The van der Waals surface area contributed by atoms with E-state index in [0.717, 1.165) is 43.5 Å². The second-order valence-corrected chi connectivity index (χ2v) is 7.31. The summed E-state index contributed by atoms with van der Waals surface area (Å²) in [6.07, 6.45) is 8.00. The van der Waals surface area contributed by atoms with Crippen LogP contribution in [-0.2, 0) is 0 Å². The van der Waals surface area contributed by atoms with E-state index < -0.39 is 0 Å². The molecule has 3 rings (SSSR count). The zero-order chi connectivity index (χ0) is 15.6. The Morgan fingerprint density at radius 2 is 2.09 bits per heavy atom. The number of hydrogen-bond acceptors (Lipinski definition) is 3. The molecule has 2 aliphatic carbocycles. The van der Waals surface area contributed by atoms with Crippen LogP contribution < -0.4 is 5.32 Å². The third-order valence-electron chi connectivity index (χ3n) is 4.77. The highest BCUT2D eigenvalue weighted by Gasteiger charge is 2.35. The van der Waals surface area contributed by atoms with Gasteiger partial charge in [0.25, 0.3) is 0 Å². The molecule has 2 N–H and O–H groups in total. The number of hydrogen-bond donors (Lipinski definition) is 2. The second kappa shape index (κ2) is 6.48. The van der Waals surface area contributed by atoms with Crippen molar-refractivity contribution in [1.29, 1.82) is 0 Å². The van der Waals surface area contributed by atoms with Crippen LogP contribution in [0.2, 0.25) is 5.15 Å². The summed E-state index contributed by atoms with van der Waals surface area (Å²) in [4.78, 5) is 4.16. The van der Waals surface area contributed by atoms with Crippen molar-refractivity contribution >= 4 is 17.3 Å². The summed E-state index contributed by atoms with van der Waals surface area (Å²) < 4.78 is 0. The predicted molar refractivity (Wildman–Crippen MR) is 89.9 cm³/mol. The van der Waals surface area contributed by atoms with Gasteiger partial charge in [-0.05, 0) is 57.4 Å². The number of pyridine rings is 1. The smallest absolute Gasteiger partial charge is 0.131 e. The van der Waals surface area contributed by atoms with E-state index in [4.69, 9.17) is 11.6 Å². The van der Waals surface area contributed by atoms with Gasteiger partial charge in [-0.2, -0.15) is 0 Å². The third kappa shape index (κ3) is 4.15. The van der Waals surface area contributed by atoms with Crippen molar-refractivity contribution in [2.24, 2.45) is 11.3 Å². The highest BCUT2D eigenvalue weighted by Crippen LogP contribution is 2.44. The molecule has 4 heteroatoms. The number of aromatic nitrogens is 1. The van der Waals surface area contributed by atoms with Gasteiger partial charge in [-0.25, -0.2) is 4.98 Å². The largest absolute Gasteiger partial charge is 0.393 e. The molecule has 0 spiro atoms. The van der Waals surface area contributed by atoms with Gasteiger partial charge in [-0.15, -0.1) is 0 Å². The van der Waals surface area contributed by atoms with E-state index in [1.54, 1.807) is 6.20 Å². The molecule has 0 radical (unpaired) electrons.